The zero-order chi connectivity index (χ0) is 26.0. The Kier molecular flexibility index (Phi) is 7.06. The van der Waals surface area contributed by atoms with Gasteiger partial charge in [-0.3, -0.25) is 0 Å². The van der Waals surface area contributed by atoms with Gasteiger partial charge in [-0.05, 0) is 109 Å². The van der Waals surface area contributed by atoms with Crippen molar-refractivity contribution in [2.24, 2.45) is 50.7 Å². The lowest BCUT2D eigenvalue weighted by atomic mass is 9.41. The van der Waals surface area contributed by atoms with Crippen LogP contribution in [-0.2, 0) is 4.74 Å². The maximum Gasteiger partial charge on any atom is 0.0625 e. The summed E-state index contributed by atoms with van der Waals surface area (Å²) in [5.41, 5.74) is 4.44. The van der Waals surface area contributed by atoms with Crippen molar-refractivity contribution in [2.75, 3.05) is 13.7 Å². The van der Waals surface area contributed by atoms with Crippen LogP contribution in [0, 0.1) is 50.7 Å². The first kappa shape index (κ1) is 27.4. The van der Waals surface area contributed by atoms with Crippen LogP contribution in [0.4, 0.5) is 0 Å². The molecule has 3 saturated carbocycles. The van der Waals surface area contributed by atoms with Crippen molar-refractivity contribution in [2.45, 2.75) is 119 Å². The maximum atomic E-state index is 10.6. The number of rotatable bonds is 6. The van der Waals surface area contributed by atoms with E-state index in [0.717, 1.165) is 12.8 Å². The smallest absolute Gasteiger partial charge is 0.0625 e. The van der Waals surface area contributed by atoms with Crippen LogP contribution in [0.1, 0.15) is 113 Å². The molecular weight excluding hydrogens is 428 g/mol. The molecule has 0 spiro atoms. The van der Waals surface area contributed by atoms with Crippen LogP contribution < -0.4 is 0 Å². The second-order valence-electron chi connectivity index (χ2n) is 15.4. The first-order valence-electron chi connectivity index (χ1n) is 14.7. The quantitative estimate of drug-likeness (QED) is 0.382. The van der Waals surface area contributed by atoms with Gasteiger partial charge < -0.3 is 9.84 Å². The lowest BCUT2D eigenvalue weighted by molar-refractivity contribution is -0.130. The van der Waals surface area contributed by atoms with E-state index < -0.39 is 0 Å². The van der Waals surface area contributed by atoms with Crippen LogP contribution in [0.5, 0.6) is 0 Å². The van der Waals surface area contributed by atoms with Crippen molar-refractivity contribution in [3.8, 4) is 0 Å². The number of aliphatic hydroxyl groups excluding tert-OH is 1. The van der Waals surface area contributed by atoms with Crippen molar-refractivity contribution in [3.05, 3.63) is 23.8 Å². The van der Waals surface area contributed by atoms with E-state index in [1.54, 1.807) is 5.57 Å². The van der Waals surface area contributed by atoms with Crippen LogP contribution in [0.25, 0.3) is 0 Å². The zero-order valence-electron chi connectivity index (χ0n) is 24.6. The number of allylic oxidation sites excluding steroid dienone is 3. The Morgan fingerprint density at radius 3 is 2.34 bits per heavy atom. The minimum atomic E-state index is 0.153. The molecule has 0 heterocycles. The molecule has 3 fully saturated rings. The minimum Gasteiger partial charge on any atom is -0.396 e. The van der Waals surface area contributed by atoms with Crippen LogP contribution >= 0.6 is 0 Å². The summed E-state index contributed by atoms with van der Waals surface area (Å²) >= 11 is 0. The fourth-order valence-electron chi connectivity index (χ4n) is 10.1. The number of hydrogen-bond acceptors (Lipinski definition) is 2. The second-order valence-corrected chi connectivity index (χ2v) is 15.4. The van der Waals surface area contributed by atoms with E-state index in [0.29, 0.717) is 47.2 Å². The van der Waals surface area contributed by atoms with Gasteiger partial charge >= 0.3 is 0 Å². The molecule has 0 saturated heterocycles. The van der Waals surface area contributed by atoms with Crippen molar-refractivity contribution in [3.63, 3.8) is 0 Å². The van der Waals surface area contributed by atoms with Crippen LogP contribution in [0.2, 0.25) is 0 Å². The molecule has 1 N–H and O–H groups in total. The van der Waals surface area contributed by atoms with E-state index in [-0.39, 0.29) is 16.2 Å². The summed E-state index contributed by atoms with van der Waals surface area (Å²) in [5, 5.41) is 10.6. The first-order valence-corrected chi connectivity index (χ1v) is 14.7. The highest BCUT2D eigenvalue weighted by molar-refractivity contribution is 5.33. The molecule has 8 unspecified atom stereocenters. The molecule has 200 valence electrons. The van der Waals surface area contributed by atoms with Gasteiger partial charge in [-0.15, -0.1) is 0 Å². The average Bonchev–Trinajstić information content (AvgIpc) is 3.05. The molecule has 0 bridgehead atoms. The van der Waals surface area contributed by atoms with Gasteiger partial charge in [0.2, 0.25) is 0 Å². The third-order valence-electron chi connectivity index (χ3n) is 12.8. The zero-order valence-corrected chi connectivity index (χ0v) is 24.6. The van der Waals surface area contributed by atoms with Crippen molar-refractivity contribution in [1.29, 1.82) is 0 Å². The fourth-order valence-corrected chi connectivity index (χ4v) is 10.1. The molecular formula is C33H56O2. The third kappa shape index (κ3) is 4.03. The number of aliphatic hydroxyl groups is 1. The monoisotopic (exact) mass is 484 g/mol. The number of fused-ring (bicyclic) bond motifs is 5. The Labute approximate surface area is 217 Å². The van der Waals surface area contributed by atoms with Gasteiger partial charge in [-0.25, -0.2) is 0 Å². The molecule has 8 atom stereocenters. The summed E-state index contributed by atoms with van der Waals surface area (Å²) in [6, 6.07) is 0. The molecule has 4 aliphatic carbocycles. The van der Waals surface area contributed by atoms with Crippen LogP contribution in [0.15, 0.2) is 23.8 Å². The fraction of sp³-hybridized carbons (Fsp3) is 0.879. The molecule has 0 amide bonds. The number of hydrogen-bond donors (Lipinski definition) is 1. The Morgan fingerprint density at radius 2 is 1.74 bits per heavy atom. The predicted molar refractivity (Wildman–Crippen MR) is 148 cm³/mol. The summed E-state index contributed by atoms with van der Waals surface area (Å²) in [6.07, 6.45) is 14.1. The van der Waals surface area contributed by atoms with Crippen molar-refractivity contribution >= 4 is 0 Å². The van der Waals surface area contributed by atoms with E-state index in [4.69, 9.17) is 4.74 Å². The Morgan fingerprint density at radius 1 is 1.06 bits per heavy atom. The van der Waals surface area contributed by atoms with Gasteiger partial charge in [0, 0.05) is 13.7 Å². The van der Waals surface area contributed by atoms with Crippen LogP contribution in [0.3, 0.4) is 0 Å². The Bertz CT molecular complexity index is 846. The SMILES string of the molecule is C=C(CCC(CO)C1CCC2(C)C3CCC4C(C)(CCC(OC)C4(C)C)C3=CCC12C)C(C)(C)C. The third-order valence-corrected chi connectivity index (χ3v) is 12.8. The summed E-state index contributed by atoms with van der Waals surface area (Å²) < 4.78 is 6.01. The summed E-state index contributed by atoms with van der Waals surface area (Å²) in [6.45, 7) is 24.3. The Balaban J connectivity index is 1.61. The molecule has 0 aromatic heterocycles. The van der Waals surface area contributed by atoms with E-state index in [1.807, 2.05) is 7.11 Å². The standard InChI is InChI=1S/C33H56O2/c1-22(29(2,3)4)11-12-23(21-34)24-15-19-33(9)26-13-14-27-30(5,6)28(35-10)17-18-31(27,7)25(26)16-20-32(24,33)8/h16,23-24,26-28,34H,1,11-15,17-21H2,2-10H3. The van der Waals surface area contributed by atoms with Gasteiger partial charge in [0.05, 0.1) is 6.10 Å². The van der Waals surface area contributed by atoms with Gasteiger partial charge in [0.15, 0.2) is 0 Å². The molecule has 4 rings (SSSR count). The van der Waals surface area contributed by atoms with Crippen molar-refractivity contribution in [1.82, 2.24) is 0 Å². The molecule has 2 heteroatoms. The number of methoxy groups -OCH3 is 1. The van der Waals surface area contributed by atoms with Gasteiger partial charge in [-0.2, -0.15) is 0 Å². The van der Waals surface area contributed by atoms with Gasteiger partial charge in [0.25, 0.3) is 0 Å². The van der Waals surface area contributed by atoms with Gasteiger partial charge in [-0.1, -0.05) is 79.2 Å². The van der Waals surface area contributed by atoms with E-state index >= 15 is 0 Å². The molecule has 0 aromatic rings. The summed E-state index contributed by atoms with van der Waals surface area (Å²) in [7, 11) is 1.92. The highest BCUT2D eigenvalue weighted by atomic mass is 16.5. The number of ether oxygens (including phenoxy) is 1. The minimum absolute atomic E-state index is 0.153. The molecule has 0 radical (unpaired) electrons. The lowest BCUT2D eigenvalue weighted by Crippen LogP contribution is -2.58. The van der Waals surface area contributed by atoms with E-state index in [2.05, 4.69) is 68.0 Å². The maximum absolute atomic E-state index is 10.6. The van der Waals surface area contributed by atoms with Gasteiger partial charge in [0.1, 0.15) is 0 Å². The first-order chi connectivity index (χ1) is 16.2. The van der Waals surface area contributed by atoms with E-state index in [9.17, 15) is 5.11 Å². The molecule has 4 aliphatic rings. The molecule has 35 heavy (non-hydrogen) atoms. The summed E-state index contributed by atoms with van der Waals surface area (Å²) in [4.78, 5) is 0. The predicted octanol–water partition coefficient (Wildman–Crippen LogP) is 8.60. The Hall–Kier alpha value is -0.600. The molecule has 0 aliphatic heterocycles. The van der Waals surface area contributed by atoms with Crippen LogP contribution in [-0.4, -0.2) is 24.9 Å². The second kappa shape index (κ2) is 9.00. The largest absolute Gasteiger partial charge is 0.396 e. The highest BCUT2D eigenvalue weighted by Crippen LogP contribution is 2.73. The topological polar surface area (TPSA) is 29.5 Å². The molecule has 2 nitrogen and oxygen atoms in total. The normalized spacial score (nSPS) is 43.5. The molecule has 0 aromatic carbocycles. The highest BCUT2D eigenvalue weighted by Gasteiger charge is 2.65. The average molecular weight is 485 g/mol. The van der Waals surface area contributed by atoms with Crippen molar-refractivity contribution < 1.29 is 9.84 Å². The summed E-state index contributed by atoms with van der Waals surface area (Å²) in [5.74, 6) is 2.40. The van der Waals surface area contributed by atoms with E-state index in [1.165, 1.54) is 50.5 Å². The lowest BCUT2D eigenvalue weighted by Gasteiger charge is -2.64.